The Morgan fingerprint density at radius 2 is 1.85 bits per heavy atom. The first-order valence-corrected chi connectivity index (χ1v) is 12.8. The minimum Gasteiger partial charge on any atom is -0.490 e. The van der Waals surface area contributed by atoms with Crippen LogP contribution < -0.4 is 9.47 Å². The zero-order valence-electron chi connectivity index (χ0n) is 17.8. The molecule has 1 heterocycles. The predicted molar refractivity (Wildman–Crippen MR) is 146 cm³/mol. The topological polar surface area (TPSA) is 57.1 Å². The highest BCUT2D eigenvalue weighted by Gasteiger charge is 2.26. The average molecular weight is 673 g/mol. The van der Waals surface area contributed by atoms with Gasteiger partial charge in [0.05, 0.1) is 21.7 Å². The number of halogens is 4. The lowest BCUT2D eigenvalue weighted by Crippen LogP contribution is -2.06. The molecule has 0 aromatic heterocycles. The molecule has 0 fully saturated rings. The Morgan fingerprint density at radius 1 is 1.09 bits per heavy atom. The van der Waals surface area contributed by atoms with Crippen LogP contribution in [0.5, 0.6) is 11.5 Å². The Morgan fingerprint density at radius 3 is 2.56 bits per heavy atom. The SMILES string of the molecule is CCOc1cc(/C=C2\N=C(c3ccc(Cl)cc3Cl)OC2=O)cc(Br)c1OCc1ccc(I)cc1. The van der Waals surface area contributed by atoms with Crippen molar-refractivity contribution in [1.82, 2.24) is 0 Å². The summed E-state index contributed by atoms with van der Waals surface area (Å²) in [5.74, 6) is 0.674. The van der Waals surface area contributed by atoms with Gasteiger partial charge in [0.15, 0.2) is 17.2 Å². The number of esters is 1. The first-order valence-electron chi connectivity index (χ1n) is 10.2. The summed E-state index contributed by atoms with van der Waals surface area (Å²) in [6.45, 7) is 2.73. The number of carbonyl (C=O) groups excluding carboxylic acids is 1. The van der Waals surface area contributed by atoms with E-state index in [-0.39, 0.29) is 11.6 Å². The molecule has 0 bridgehead atoms. The second-order valence-corrected chi connectivity index (χ2v) is 10.1. The molecule has 0 saturated heterocycles. The summed E-state index contributed by atoms with van der Waals surface area (Å²) < 4.78 is 19.0. The third-order valence-electron chi connectivity index (χ3n) is 4.71. The van der Waals surface area contributed by atoms with Crippen molar-refractivity contribution in [3.63, 3.8) is 0 Å². The van der Waals surface area contributed by atoms with E-state index in [2.05, 4.69) is 43.5 Å². The van der Waals surface area contributed by atoms with Gasteiger partial charge in [-0.3, -0.25) is 0 Å². The Kier molecular flexibility index (Phi) is 8.18. The van der Waals surface area contributed by atoms with Crippen molar-refractivity contribution in [3.8, 4) is 11.5 Å². The number of aliphatic imine (C=N–C) groups is 1. The molecule has 3 aromatic carbocycles. The fourth-order valence-corrected chi connectivity index (χ4v) is 4.58. The normalized spacial score (nSPS) is 14.2. The van der Waals surface area contributed by atoms with Crippen molar-refractivity contribution < 1.29 is 19.0 Å². The second kappa shape index (κ2) is 11.1. The van der Waals surface area contributed by atoms with Crippen LogP contribution in [0, 0.1) is 3.57 Å². The van der Waals surface area contributed by atoms with Crippen molar-refractivity contribution in [1.29, 1.82) is 0 Å². The minimum absolute atomic E-state index is 0.125. The van der Waals surface area contributed by atoms with Gasteiger partial charge in [0.1, 0.15) is 6.61 Å². The number of rotatable bonds is 7. The van der Waals surface area contributed by atoms with Crippen LogP contribution in [-0.2, 0) is 16.1 Å². The van der Waals surface area contributed by atoms with E-state index in [0.29, 0.717) is 50.4 Å². The molecule has 0 spiro atoms. The maximum Gasteiger partial charge on any atom is 0.363 e. The van der Waals surface area contributed by atoms with Gasteiger partial charge in [-0.25, -0.2) is 9.79 Å². The van der Waals surface area contributed by atoms with Gasteiger partial charge in [-0.15, -0.1) is 0 Å². The molecule has 34 heavy (non-hydrogen) atoms. The quantitative estimate of drug-likeness (QED) is 0.147. The van der Waals surface area contributed by atoms with Crippen molar-refractivity contribution in [2.45, 2.75) is 13.5 Å². The summed E-state index contributed by atoms with van der Waals surface area (Å²) in [6, 6.07) is 16.6. The average Bonchev–Trinajstić information content (AvgIpc) is 3.14. The molecule has 0 saturated carbocycles. The fourth-order valence-electron chi connectivity index (χ4n) is 3.16. The molecule has 5 nitrogen and oxygen atoms in total. The van der Waals surface area contributed by atoms with Gasteiger partial charge in [0.2, 0.25) is 5.90 Å². The van der Waals surface area contributed by atoms with E-state index in [1.807, 2.05) is 37.3 Å². The Balaban J connectivity index is 1.61. The molecular formula is C25H17BrCl2INO4. The van der Waals surface area contributed by atoms with E-state index in [1.165, 1.54) is 0 Å². The van der Waals surface area contributed by atoms with Crippen LogP contribution in [0.15, 0.2) is 69.8 Å². The Labute approximate surface area is 229 Å². The van der Waals surface area contributed by atoms with Crippen LogP contribution in [0.2, 0.25) is 10.0 Å². The standard InChI is InChI=1S/C25H17BrCl2INO4/c1-2-32-22-11-15(9-19(26)23(22)33-13-14-3-6-17(29)7-4-14)10-21-25(31)34-24(30-21)18-8-5-16(27)12-20(18)28/h3-12H,2,13H2,1H3/b21-10-. The van der Waals surface area contributed by atoms with E-state index in [0.717, 1.165) is 9.13 Å². The molecule has 1 aliphatic rings. The van der Waals surface area contributed by atoms with E-state index >= 15 is 0 Å². The summed E-state index contributed by atoms with van der Waals surface area (Å²) in [5.41, 5.74) is 2.36. The smallest absolute Gasteiger partial charge is 0.363 e. The molecule has 9 heteroatoms. The van der Waals surface area contributed by atoms with Crippen LogP contribution in [0.1, 0.15) is 23.6 Å². The molecule has 0 unspecified atom stereocenters. The molecule has 4 rings (SSSR count). The van der Waals surface area contributed by atoms with Gasteiger partial charge in [-0.1, -0.05) is 35.3 Å². The number of ether oxygens (including phenoxy) is 3. The number of nitrogens with zero attached hydrogens (tertiary/aromatic N) is 1. The van der Waals surface area contributed by atoms with Gasteiger partial charge in [-0.2, -0.15) is 0 Å². The monoisotopic (exact) mass is 671 g/mol. The lowest BCUT2D eigenvalue weighted by molar-refractivity contribution is -0.129. The number of cyclic esters (lactones) is 1. The summed E-state index contributed by atoms with van der Waals surface area (Å²) in [7, 11) is 0. The largest absolute Gasteiger partial charge is 0.490 e. The molecule has 3 aromatic rings. The highest BCUT2D eigenvalue weighted by atomic mass is 127. The van der Waals surface area contributed by atoms with E-state index < -0.39 is 5.97 Å². The third-order valence-corrected chi connectivity index (χ3v) is 6.57. The predicted octanol–water partition coefficient (Wildman–Crippen LogP) is 7.68. The van der Waals surface area contributed by atoms with Crippen LogP contribution in [0.25, 0.3) is 6.08 Å². The van der Waals surface area contributed by atoms with Crippen LogP contribution in [0.3, 0.4) is 0 Å². The lowest BCUT2D eigenvalue weighted by Gasteiger charge is -2.15. The summed E-state index contributed by atoms with van der Waals surface area (Å²) >= 11 is 18.0. The van der Waals surface area contributed by atoms with Crippen molar-refractivity contribution in [3.05, 3.63) is 95.1 Å². The number of carbonyl (C=O) groups is 1. The highest BCUT2D eigenvalue weighted by molar-refractivity contribution is 14.1. The maximum absolute atomic E-state index is 12.4. The molecule has 0 atom stereocenters. The Bertz CT molecular complexity index is 1310. The maximum atomic E-state index is 12.4. The van der Waals surface area contributed by atoms with Gasteiger partial charge in [0, 0.05) is 8.59 Å². The zero-order valence-corrected chi connectivity index (χ0v) is 23.0. The van der Waals surface area contributed by atoms with Crippen LogP contribution in [0.4, 0.5) is 0 Å². The zero-order chi connectivity index (χ0) is 24.2. The number of benzene rings is 3. The molecule has 0 aliphatic carbocycles. The van der Waals surface area contributed by atoms with Crippen LogP contribution >= 0.6 is 61.7 Å². The second-order valence-electron chi connectivity index (χ2n) is 7.14. The summed E-state index contributed by atoms with van der Waals surface area (Å²) in [4.78, 5) is 16.8. The molecular weight excluding hydrogens is 656 g/mol. The summed E-state index contributed by atoms with van der Waals surface area (Å²) in [6.07, 6.45) is 1.62. The van der Waals surface area contributed by atoms with Gasteiger partial charge in [0.25, 0.3) is 0 Å². The van der Waals surface area contributed by atoms with Gasteiger partial charge >= 0.3 is 5.97 Å². The number of hydrogen-bond acceptors (Lipinski definition) is 5. The molecule has 174 valence electrons. The first-order chi connectivity index (χ1) is 16.3. The highest BCUT2D eigenvalue weighted by Crippen LogP contribution is 2.38. The van der Waals surface area contributed by atoms with E-state index in [1.54, 1.807) is 30.3 Å². The molecule has 0 radical (unpaired) electrons. The fraction of sp³-hybridized carbons (Fsp3) is 0.120. The molecule has 0 amide bonds. The first kappa shape index (κ1) is 25.0. The Hall–Kier alpha value is -2.07. The van der Waals surface area contributed by atoms with Gasteiger partial charge in [-0.05, 0) is 105 Å². The molecule has 0 N–H and O–H groups in total. The van der Waals surface area contributed by atoms with Crippen molar-refractivity contribution >= 4 is 79.7 Å². The van der Waals surface area contributed by atoms with Crippen molar-refractivity contribution in [2.24, 2.45) is 4.99 Å². The molecule has 1 aliphatic heterocycles. The number of hydrogen-bond donors (Lipinski definition) is 0. The van der Waals surface area contributed by atoms with E-state index in [9.17, 15) is 4.79 Å². The van der Waals surface area contributed by atoms with Gasteiger partial charge < -0.3 is 14.2 Å². The lowest BCUT2D eigenvalue weighted by atomic mass is 10.1. The van der Waals surface area contributed by atoms with Crippen LogP contribution in [-0.4, -0.2) is 18.5 Å². The minimum atomic E-state index is -0.575. The van der Waals surface area contributed by atoms with Crippen molar-refractivity contribution in [2.75, 3.05) is 6.61 Å². The summed E-state index contributed by atoms with van der Waals surface area (Å²) in [5, 5.41) is 0.823. The van der Waals surface area contributed by atoms with E-state index in [4.69, 9.17) is 37.4 Å². The third kappa shape index (κ3) is 5.94.